The van der Waals surface area contributed by atoms with Crippen molar-refractivity contribution in [1.82, 2.24) is 0 Å². The van der Waals surface area contributed by atoms with E-state index in [0.29, 0.717) is 6.10 Å². The molecule has 1 unspecified atom stereocenters. The Balaban J connectivity index is 1.91. The SMILES string of the molecule is CC(O)CCCCOC1CCC(C)CC1. The molecule has 0 heterocycles. The van der Waals surface area contributed by atoms with Gasteiger partial charge in [0.25, 0.3) is 0 Å². The number of hydrogen-bond acceptors (Lipinski definition) is 2. The summed E-state index contributed by atoms with van der Waals surface area (Å²) < 4.78 is 5.83. The summed E-state index contributed by atoms with van der Waals surface area (Å²) in [5, 5.41) is 9.09. The Hall–Kier alpha value is -0.0800. The number of aliphatic hydroxyl groups excluding tert-OH is 1. The minimum atomic E-state index is -0.152. The maximum Gasteiger partial charge on any atom is 0.0575 e. The Kier molecular flexibility index (Phi) is 6.26. The van der Waals surface area contributed by atoms with Crippen LogP contribution in [-0.4, -0.2) is 23.9 Å². The molecule has 2 heteroatoms. The fourth-order valence-corrected chi connectivity index (χ4v) is 2.19. The van der Waals surface area contributed by atoms with Crippen LogP contribution in [0, 0.1) is 5.92 Å². The van der Waals surface area contributed by atoms with E-state index >= 15 is 0 Å². The fourth-order valence-electron chi connectivity index (χ4n) is 2.19. The predicted molar refractivity (Wildman–Crippen MR) is 62.9 cm³/mol. The van der Waals surface area contributed by atoms with Crippen LogP contribution in [0.5, 0.6) is 0 Å². The van der Waals surface area contributed by atoms with Crippen LogP contribution in [0.4, 0.5) is 0 Å². The van der Waals surface area contributed by atoms with Crippen molar-refractivity contribution >= 4 is 0 Å². The Morgan fingerprint density at radius 3 is 2.47 bits per heavy atom. The number of ether oxygens (including phenoxy) is 1. The third-order valence-corrected chi connectivity index (χ3v) is 3.33. The van der Waals surface area contributed by atoms with Gasteiger partial charge in [0, 0.05) is 6.61 Å². The molecule has 1 aliphatic rings. The fraction of sp³-hybridized carbons (Fsp3) is 1.00. The van der Waals surface area contributed by atoms with E-state index in [0.717, 1.165) is 31.8 Å². The lowest BCUT2D eigenvalue weighted by Crippen LogP contribution is -2.20. The van der Waals surface area contributed by atoms with Crippen LogP contribution >= 0.6 is 0 Å². The van der Waals surface area contributed by atoms with E-state index < -0.39 is 0 Å². The van der Waals surface area contributed by atoms with Crippen molar-refractivity contribution in [2.45, 2.75) is 71.0 Å². The minimum absolute atomic E-state index is 0.152. The van der Waals surface area contributed by atoms with Gasteiger partial charge in [0.15, 0.2) is 0 Å². The quantitative estimate of drug-likeness (QED) is 0.688. The van der Waals surface area contributed by atoms with E-state index in [9.17, 15) is 0 Å². The highest BCUT2D eigenvalue weighted by atomic mass is 16.5. The van der Waals surface area contributed by atoms with Gasteiger partial charge in [0.05, 0.1) is 12.2 Å². The van der Waals surface area contributed by atoms with Crippen LogP contribution in [-0.2, 0) is 4.74 Å². The molecule has 1 aliphatic carbocycles. The van der Waals surface area contributed by atoms with Crippen molar-refractivity contribution < 1.29 is 9.84 Å². The van der Waals surface area contributed by atoms with E-state index in [4.69, 9.17) is 9.84 Å². The zero-order valence-corrected chi connectivity index (χ0v) is 10.2. The molecule has 1 N–H and O–H groups in total. The van der Waals surface area contributed by atoms with Crippen LogP contribution in [0.3, 0.4) is 0 Å². The number of unbranched alkanes of at least 4 members (excludes halogenated alkanes) is 1. The van der Waals surface area contributed by atoms with E-state index in [2.05, 4.69) is 6.92 Å². The molecule has 15 heavy (non-hydrogen) atoms. The largest absolute Gasteiger partial charge is 0.393 e. The van der Waals surface area contributed by atoms with Crippen LogP contribution in [0.15, 0.2) is 0 Å². The van der Waals surface area contributed by atoms with Crippen molar-refractivity contribution in [3.63, 3.8) is 0 Å². The summed E-state index contributed by atoms with van der Waals surface area (Å²) in [6.45, 7) is 5.06. The molecule has 0 aromatic heterocycles. The van der Waals surface area contributed by atoms with Gasteiger partial charge in [0.1, 0.15) is 0 Å². The normalized spacial score (nSPS) is 29.0. The maximum atomic E-state index is 9.09. The minimum Gasteiger partial charge on any atom is -0.393 e. The molecular formula is C13H26O2. The summed E-state index contributed by atoms with van der Waals surface area (Å²) in [4.78, 5) is 0. The van der Waals surface area contributed by atoms with Crippen molar-refractivity contribution in [3.8, 4) is 0 Å². The average molecular weight is 214 g/mol. The summed E-state index contributed by atoms with van der Waals surface area (Å²) in [7, 11) is 0. The van der Waals surface area contributed by atoms with E-state index in [1.54, 1.807) is 0 Å². The monoisotopic (exact) mass is 214 g/mol. The van der Waals surface area contributed by atoms with Gasteiger partial charge in [-0.3, -0.25) is 0 Å². The van der Waals surface area contributed by atoms with Crippen molar-refractivity contribution in [3.05, 3.63) is 0 Å². The first-order chi connectivity index (χ1) is 7.18. The van der Waals surface area contributed by atoms with Gasteiger partial charge in [-0.25, -0.2) is 0 Å². The third-order valence-electron chi connectivity index (χ3n) is 3.33. The Bertz CT molecular complexity index is 149. The summed E-state index contributed by atoms with van der Waals surface area (Å²) in [6.07, 6.45) is 8.61. The number of rotatable bonds is 6. The highest BCUT2D eigenvalue weighted by Gasteiger charge is 2.17. The highest BCUT2D eigenvalue weighted by Crippen LogP contribution is 2.25. The van der Waals surface area contributed by atoms with Crippen LogP contribution < -0.4 is 0 Å². The van der Waals surface area contributed by atoms with E-state index in [1.165, 1.54) is 25.7 Å². The van der Waals surface area contributed by atoms with Gasteiger partial charge in [-0.15, -0.1) is 0 Å². The molecule has 0 radical (unpaired) electrons. The lowest BCUT2D eigenvalue weighted by atomic mass is 9.89. The predicted octanol–water partition coefficient (Wildman–Crippen LogP) is 3.13. The maximum absolute atomic E-state index is 9.09. The number of hydrogen-bond donors (Lipinski definition) is 1. The molecule has 0 aromatic rings. The molecule has 0 aliphatic heterocycles. The lowest BCUT2D eigenvalue weighted by molar-refractivity contribution is 0.0169. The van der Waals surface area contributed by atoms with Crippen LogP contribution in [0.1, 0.15) is 58.8 Å². The Morgan fingerprint density at radius 1 is 1.20 bits per heavy atom. The first-order valence-corrected chi connectivity index (χ1v) is 6.48. The molecule has 90 valence electrons. The molecule has 0 bridgehead atoms. The molecule has 0 amide bonds. The smallest absolute Gasteiger partial charge is 0.0575 e. The van der Waals surface area contributed by atoms with Crippen molar-refractivity contribution in [1.29, 1.82) is 0 Å². The molecule has 1 atom stereocenters. The van der Waals surface area contributed by atoms with Gasteiger partial charge >= 0.3 is 0 Å². The Labute approximate surface area is 94.0 Å². The number of aliphatic hydroxyl groups is 1. The average Bonchev–Trinajstić information content (AvgIpc) is 2.20. The van der Waals surface area contributed by atoms with Gasteiger partial charge in [-0.2, -0.15) is 0 Å². The first-order valence-electron chi connectivity index (χ1n) is 6.48. The molecule has 1 saturated carbocycles. The van der Waals surface area contributed by atoms with E-state index in [1.807, 2.05) is 6.92 Å². The molecule has 0 aromatic carbocycles. The topological polar surface area (TPSA) is 29.5 Å². The highest BCUT2D eigenvalue weighted by molar-refractivity contribution is 4.69. The molecule has 2 nitrogen and oxygen atoms in total. The van der Waals surface area contributed by atoms with Crippen molar-refractivity contribution in [2.75, 3.05) is 6.61 Å². The lowest BCUT2D eigenvalue weighted by Gasteiger charge is -2.26. The van der Waals surface area contributed by atoms with Crippen molar-refractivity contribution in [2.24, 2.45) is 5.92 Å². The van der Waals surface area contributed by atoms with Gasteiger partial charge in [-0.05, 0) is 57.8 Å². The van der Waals surface area contributed by atoms with Crippen LogP contribution in [0.2, 0.25) is 0 Å². The first kappa shape index (κ1) is 13.0. The third kappa shape index (κ3) is 6.16. The second kappa shape index (κ2) is 7.24. The molecule has 1 fully saturated rings. The van der Waals surface area contributed by atoms with Gasteiger partial charge < -0.3 is 9.84 Å². The standard InChI is InChI=1S/C13H26O2/c1-11-6-8-13(9-7-11)15-10-4-3-5-12(2)14/h11-14H,3-10H2,1-2H3. The van der Waals surface area contributed by atoms with Crippen LogP contribution in [0.25, 0.3) is 0 Å². The molecule has 0 spiro atoms. The summed E-state index contributed by atoms with van der Waals surface area (Å²) >= 11 is 0. The van der Waals surface area contributed by atoms with Gasteiger partial charge in [-0.1, -0.05) is 6.92 Å². The summed E-state index contributed by atoms with van der Waals surface area (Å²) in [6, 6.07) is 0. The molecule has 0 saturated heterocycles. The second-order valence-electron chi connectivity index (χ2n) is 5.10. The molecular weight excluding hydrogens is 188 g/mol. The van der Waals surface area contributed by atoms with E-state index in [-0.39, 0.29) is 6.10 Å². The summed E-state index contributed by atoms with van der Waals surface area (Å²) in [5.74, 6) is 0.903. The zero-order valence-electron chi connectivity index (χ0n) is 10.2. The molecule has 1 rings (SSSR count). The summed E-state index contributed by atoms with van der Waals surface area (Å²) in [5.41, 5.74) is 0. The Morgan fingerprint density at radius 2 is 1.87 bits per heavy atom. The van der Waals surface area contributed by atoms with Gasteiger partial charge in [0.2, 0.25) is 0 Å². The second-order valence-corrected chi connectivity index (χ2v) is 5.10. The zero-order chi connectivity index (χ0) is 11.1.